The Labute approximate surface area is 126 Å². The van der Waals surface area contributed by atoms with E-state index in [0.29, 0.717) is 13.0 Å². The Hall–Kier alpha value is -1.11. The number of nitrogens with one attached hydrogen (secondary N) is 2. The normalized spacial score (nSPS) is 24.4. The summed E-state index contributed by atoms with van der Waals surface area (Å²) in [4.78, 5) is 23.6. The van der Waals surface area contributed by atoms with Crippen LogP contribution in [0, 0.1) is 0 Å². The third-order valence-corrected chi connectivity index (χ3v) is 6.55. The molecule has 0 spiro atoms. The van der Waals surface area contributed by atoms with Gasteiger partial charge in [-0.25, -0.2) is 8.42 Å². The second-order valence-electron chi connectivity index (χ2n) is 5.93. The summed E-state index contributed by atoms with van der Waals surface area (Å²) in [6.07, 6.45) is 5.70. The van der Waals surface area contributed by atoms with E-state index < -0.39 is 15.9 Å². The number of carbonyl (C=O) groups is 2. The Morgan fingerprint density at radius 1 is 1.14 bits per heavy atom. The summed E-state index contributed by atoms with van der Waals surface area (Å²) in [5.41, 5.74) is 0. The largest absolute Gasteiger partial charge is 0.354 e. The smallest absolute Gasteiger partial charge is 0.242 e. The van der Waals surface area contributed by atoms with Crippen LogP contribution in [0.3, 0.4) is 0 Å². The van der Waals surface area contributed by atoms with Crippen molar-refractivity contribution in [1.29, 1.82) is 0 Å². The lowest BCUT2D eigenvalue weighted by molar-refractivity contribution is -0.128. The highest BCUT2D eigenvalue weighted by molar-refractivity contribution is 7.92. The Balaban J connectivity index is 1.80. The van der Waals surface area contributed by atoms with Crippen molar-refractivity contribution in [1.82, 2.24) is 10.6 Å². The zero-order valence-corrected chi connectivity index (χ0v) is 13.1. The predicted octanol–water partition coefficient (Wildman–Crippen LogP) is 0.519. The third kappa shape index (κ3) is 4.69. The van der Waals surface area contributed by atoms with Crippen LogP contribution in [-0.2, 0) is 19.4 Å². The molecule has 1 saturated carbocycles. The van der Waals surface area contributed by atoms with Crippen LogP contribution in [0.25, 0.3) is 0 Å². The number of carbonyl (C=O) groups excluding carboxylic acids is 2. The summed E-state index contributed by atoms with van der Waals surface area (Å²) in [5, 5.41) is 5.13. The lowest BCUT2D eigenvalue weighted by Gasteiger charge is -2.16. The molecule has 1 aliphatic carbocycles. The Morgan fingerprint density at radius 2 is 1.81 bits per heavy atom. The van der Waals surface area contributed by atoms with Crippen molar-refractivity contribution < 1.29 is 18.0 Å². The molecule has 2 N–H and O–H groups in total. The fourth-order valence-electron chi connectivity index (χ4n) is 2.99. The van der Waals surface area contributed by atoms with Gasteiger partial charge in [0, 0.05) is 13.0 Å². The van der Waals surface area contributed by atoms with Crippen LogP contribution in [0.2, 0.25) is 0 Å². The molecule has 0 bridgehead atoms. The van der Waals surface area contributed by atoms with Crippen LogP contribution in [-0.4, -0.2) is 43.8 Å². The van der Waals surface area contributed by atoms with Gasteiger partial charge in [0.15, 0.2) is 9.84 Å². The molecule has 21 heavy (non-hydrogen) atoms. The lowest BCUT2D eigenvalue weighted by Crippen LogP contribution is -2.45. The third-order valence-electron chi connectivity index (χ3n) is 4.29. The van der Waals surface area contributed by atoms with E-state index in [2.05, 4.69) is 10.6 Å². The number of hydrogen-bond acceptors (Lipinski definition) is 4. The minimum absolute atomic E-state index is 0.0530. The van der Waals surface area contributed by atoms with Gasteiger partial charge in [0.2, 0.25) is 11.8 Å². The zero-order valence-electron chi connectivity index (χ0n) is 12.3. The Kier molecular flexibility index (Phi) is 5.61. The lowest BCUT2D eigenvalue weighted by atomic mass is 10.1. The summed E-state index contributed by atoms with van der Waals surface area (Å²) in [6, 6.07) is -0.519. The first-order chi connectivity index (χ1) is 9.99. The van der Waals surface area contributed by atoms with Crippen molar-refractivity contribution in [2.24, 2.45) is 0 Å². The molecule has 2 fully saturated rings. The van der Waals surface area contributed by atoms with E-state index in [1.54, 1.807) is 0 Å². The number of amides is 2. The monoisotopic (exact) mass is 316 g/mol. The predicted molar refractivity (Wildman–Crippen MR) is 79.5 cm³/mol. The van der Waals surface area contributed by atoms with Crippen LogP contribution in [0.5, 0.6) is 0 Å². The van der Waals surface area contributed by atoms with Gasteiger partial charge >= 0.3 is 0 Å². The molecule has 6 nitrogen and oxygen atoms in total. The maximum absolute atomic E-state index is 12.1. The summed E-state index contributed by atoms with van der Waals surface area (Å²) in [6.45, 7) is 0.640. The molecule has 1 aliphatic heterocycles. The fraction of sp³-hybridized carbons (Fsp3) is 0.857. The molecule has 0 radical (unpaired) electrons. The van der Waals surface area contributed by atoms with Gasteiger partial charge in [0.25, 0.3) is 0 Å². The van der Waals surface area contributed by atoms with Gasteiger partial charge in [-0.3, -0.25) is 9.59 Å². The highest BCUT2D eigenvalue weighted by Gasteiger charge is 2.29. The molecular weight excluding hydrogens is 292 g/mol. The maximum Gasteiger partial charge on any atom is 0.242 e. The summed E-state index contributed by atoms with van der Waals surface area (Å²) in [7, 11) is -3.18. The molecule has 2 aliphatic rings. The van der Waals surface area contributed by atoms with E-state index in [1.165, 1.54) is 0 Å². The van der Waals surface area contributed by atoms with Gasteiger partial charge in [-0.15, -0.1) is 0 Å². The van der Waals surface area contributed by atoms with E-state index in [1.807, 2.05) is 0 Å². The molecule has 0 aromatic heterocycles. The standard InChI is InChI=1S/C14H24N2O4S/c17-13(16-12-7-3-4-9-15-14(12)18)8-10-21(19,20)11-5-1-2-6-11/h11-12H,1-10H2,(H,15,18)(H,16,17)/t12-/m0/s1. The van der Waals surface area contributed by atoms with Gasteiger partial charge in [-0.05, 0) is 32.1 Å². The molecule has 2 rings (SSSR count). The zero-order chi connectivity index (χ0) is 15.3. The van der Waals surface area contributed by atoms with E-state index >= 15 is 0 Å². The molecule has 2 amide bonds. The molecule has 1 heterocycles. The molecule has 1 atom stereocenters. The van der Waals surface area contributed by atoms with Crippen molar-refractivity contribution in [2.45, 2.75) is 62.7 Å². The van der Waals surface area contributed by atoms with Gasteiger partial charge < -0.3 is 10.6 Å². The van der Waals surface area contributed by atoms with Crippen LogP contribution in [0.15, 0.2) is 0 Å². The topological polar surface area (TPSA) is 92.3 Å². The molecule has 0 aromatic carbocycles. The quantitative estimate of drug-likeness (QED) is 0.773. The minimum Gasteiger partial charge on any atom is -0.354 e. The van der Waals surface area contributed by atoms with Crippen molar-refractivity contribution in [3.05, 3.63) is 0 Å². The molecule has 0 aromatic rings. The minimum atomic E-state index is -3.18. The summed E-state index contributed by atoms with van der Waals surface area (Å²) < 4.78 is 24.2. The number of hydrogen-bond donors (Lipinski definition) is 2. The van der Waals surface area contributed by atoms with Crippen molar-refractivity contribution in [3.8, 4) is 0 Å². The van der Waals surface area contributed by atoms with Gasteiger partial charge in [0.1, 0.15) is 6.04 Å². The van der Waals surface area contributed by atoms with E-state index in [9.17, 15) is 18.0 Å². The van der Waals surface area contributed by atoms with E-state index in [-0.39, 0.29) is 29.2 Å². The summed E-state index contributed by atoms with van der Waals surface area (Å²) >= 11 is 0. The van der Waals surface area contributed by atoms with Gasteiger partial charge in [0.05, 0.1) is 11.0 Å². The first-order valence-electron chi connectivity index (χ1n) is 7.78. The Morgan fingerprint density at radius 3 is 2.52 bits per heavy atom. The number of sulfone groups is 1. The second-order valence-corrected chi connectivity index (χ2v) is 8.33. The highest BCUT2D eigenvalue weighted by Crippen LogP contribution is 2.25. The Bertz CT molecular complexity index is 483. The average molecular weight is 316 g/mol. The molecule has 7 heteroatoms. The first-order valence-corrected chi connectivity index (χ1v) is 9.49. The maximum atomic E-state index is 12.1. The average Bonchev–Trinajstić information content (AvgIpc) is 2.92. The molecule has 1 saturated heterocycles. The van der Waals surface area contributed by atoms with E-state index in [0.717, 1.165) is 38.5 Å². The van der Waals surface area contributed by atoms with Crippen LogP contribution < -0.4 is 10.6 Å². The SMILES string of the molecule is O=C(CCS(=O)(=O)C1CCCC1)N[C@H]1CCCCNC1=O. The molecular formula is C14H24N2O4S. The van der Waals surface area contributed by atoms with E-state index in [4.69, 9.17) is 0 Å². The fourth-order valence-corrected chi connectivity index (χ4v) is 4.85. The number of rotatable bonds is 5. The van der Waals surface area contributed by atoms with Crippen LogP contribution >= 0.6 is 0 Å². The second kappa shape index (κ2) is 7.24. The summed E-state index contributed by atoms with van der Waals surface area (Å²) in [5.74, 6) is -0.629. The van der Waals surface area contributed by atoms with Gasteiger partial charge in [-0.1, -0.05) is 12.8 Å². The highest BCUT2D eigenvalue weighted by atomic mass is 32.2. The van der Waals surface area contributed by atoms with Crippen molar-refractivity contribution in [3.63, 3.8) is 0 Å². The first kappa shape index (κ1) is 16.3. The van der Waals surface area contributed by atoms with Crippen molar-refractivity contribution in [2.75, 3.05) is 12.3 Å². The molecule has 0 unspecified atom stereocenters. The van der Waals surface area contributed by atoms with Gasteiger partial charge in [-0.2, -0.15) is 0 Å². The van der Waals surface area contributed by atoms with Crippen molar-refractivity contribution >= 4 is 21.7 Å². The molecule has 120 valence electrons. The van der Waals surface area contributed by atoms with Crippen LogP contribution in [0.1, 0.15) is 51.4 Å². The van der Waals surface area contributed by atoms with Crippen LogP contribution in [0.4, 0.5) is 0 Å².